The first-order valence-electron chi connectivity index (χ1n) is 3.95. The predicted octanol–water partition coefficient (Wildman–Crippen LogP) is -0.699. The number of nitrogens with zero attached hydrogens (tertiary/aromatic N) is 3. The molecule has 1 aromatic rings. The van der Waals surface area contributed by atoms with Crippen LogP contribution in [-0.2, 0) is 4.79 Å². The molecule has 1 saturated carbocycles. The van der Waals surface area contributed by atoms with Crippen LogP contribution in [0, 0.1) is 0 Å². The largest absolute Gasteiger partial charge is 0.317 e. The number of anilines is 1. The van der Waals surface area contributed by atoms with Gasteiger partial charge in [0.15, 0.2) is 0 Å². The minimum Gasteiger partial charge on any atom is -0.317 e. The van der Waals surface area contributed by atoms with Gasteiger partial charge in [0, 0.05) is 0 Å². The number of hydrogen-bond acceptors (Lipinski definition) is 5. The number of carbonyl (C=O) groups is 1. The summed E-state index contributed by atoms with van der Waals surface area (Å²) in [7, 11) is 0. The first-order chi connectivity index (χ1) is 6.21. The zero-order valence-electron chi connectivity index (χ0n) is 6.90. The molecular weight excluding hydrogens is 170 g/mol. The normalized spacial score (nSPS) is 17.9. The summed E-state index contributed by atoms with van der Waals surface area (Å²) in [4.78, 5) is 15.2. The minimum absolute atomic E-state index is 0.198. The lowest BCUT2D eigenvalue weighted by molar-refractivity contribution is -0.118. The first kappa shape index (κ1) is 8.06. The average Bonchev–Trinajstić information content (AvgIpc) is 2.87. The van der Waals surface area contributed by atoms with Crippen LogP contribution in [0.1, 0.15) is 12.8 Å². The lowest BCUT2D eigenvalue weighted by Crippen LogP contribution is -2.38. The Morgan fingerprint density at radius 1 is 1.54 bits per heavy atom. The van der Waals surface area contributed by atoms with E-state index >= 15 is 0 Å². The van der Waals surface area contributed by atoms with Crippen LogP contribution >= 0.6 is 0 Å². The highest BCUT2D eigenvalue weighted by Crippen LogP contribution is 2.32. The van der Waals surface area contributed by atoms with Crippen LogP contribution < -0.4 is 11.1 Å². The van der Waals surface area contributed by atoms with E-state index in [1.165, 1.54) is 12.4 Å². The molecule has 13 heavy (non-hydrogen) atoms. The Hall–Kier alpha value is -1.56. The molecule has 6 nitrogen and oxygen atoms in total. The quantitative estimate of drug-likeness (QED) is 0.626. The summed E-state index contributed by atoms with van der Waals surface area (Å²) in [6.45, 7) is 0. The van der Waals surface area contributed by atoms with Crippen LogP contribution in [0.15, 0.2) is 12.4 Å². The molecule has 68 valence electrons. The smallest absolute Gasteiger partial charge is 0.249 e. The Labute approximate surface area is 74.6 Å². The monoisotopic (exact) mass is 179 g/mol. The molecule has 0 spiro atoms. The summed E-state index contributed by atoms with van der Waals surface area (Å²) >= 11 is 0. The Kier molecular flexibility index (Phi) is 1.70. The number of amides is 1. The third-order valence-corrected chi connectivity index (χ3v) is 1.95. The van der Waals surface area contributed by atoms with Crippen molar-refractivity contribution in [3.63, 3.8) is 0 Å². The second kappa shape index (κ2) is 2.74. The van der Waals surface area contributed by atoms with Crippen molar-refractivity contribution in [2.45, 2.75) is 18.4 Å². The van der Waals surface area contributed by atoms with Gasteiger partial charge in [-0.2, -0.15) is 5.10 Å². The van der Waals surface area contributed by atoms with Gasteiger partial charge in [-0.15, -0.1) is 5.10 Å². The Balaban J connectivity index is 2.03. The van der Waals surface area contributed by atoms with Gasteiger partial charge < -0.3 is 5.73 Å². The van der Waals surface area contributed by atoms with Crippen molar-refractivity contribution in [1.82, 2.24) is 15.2 Å². The molecule has 1 heterocycles. The number of nitrogens with two attached hydrogens (primary N) is 1. The van der Waals surface area contributed by atoms with Gasteiger partial charge >= 0.3 is 0 Å². The summed E-state index contributed by atoms with van der Waals surface area (Å²) in [5, 5.41) is 9.68. The van der Waals surface area contributed by atoms with Gasteiger partial charge in [-0.05, 0) is 12.8 Å². The maximum Gasteiger partial charge on any atom is 0.249 e. The Morgan fingerprint density at radius 2 is 2.31 bits per heavy atom. The highest BCUT2D eigenvalue weighted by molar-refractivity contribution is 5.98. The van der Waals surface area contributed by atoms with Crippen molar-refractivity contribution in [3.05, 3.63) is 12.4 Å². The summed E-state index contributed by atoms with van der Waals surface area (Å²) in [6.07, 6.45) is 4.34. The molecule has 3 N–H and O–H groups in total. The van der Waals surface area contributed by atoms with Crippen molar-refractivity contribution in [3.8, 4) is 0 Å². The van der Waals surface area contributed by atoms with Crippen molar-refractivity contribution >= 4 is 11.9 Å². The molecule has 0 radical (unpaired) electrons. The Morgan fingerprint density at radius 3 is 2.85 bits per heavy atom. The van der Waals surface area contributed by atoms with Crippen LogP contribution in [0.2, 0.25) is 0 Å². The van der Waals surface area contributed by atoms with Gasteiger partial charge in [-0.1, -0.05) is 0 Å². The van der Waals surface area contributed by atoms with E-state index in [1.807, 2.05) is 0 Å². The second-order valence-electron chi connectivity index (χ2n) is 3.08. The first-order valence-corrected chi connectivity index (χ1v) is 3.95. The molecule has 0 atom stereocenters. The van der Waals surface area contributed by atoms with Gasteiger partial charge in [-0.3, -0.25) is 10.1 Å². The average molecular weight is 179 g/mol. The molecule has 0 aromatic carbocycles. The number of aromatic nitrogens is 3. The molecule has 1 amide bonds. The highest BCUT2D eigenvalue weighted by atomic mass is 16.2. The molecule has 1 aliphatic carbocycles. The van der Waals surface area contributed by atoms with Crippen molar-refractivity contribution in [2.24, 2.45) is 5.73 Å². The third kappa shape index (κ3) is 1.62. The van der Waals surface area contributed by atoms with E-state index in [4.69, 9.17) is 5.73 Å². The van der Waals surface area contributed by atoms with Crippen molar-refractivity contribution in [1.29, 1.82) is 0 Å². The van der Waals surface area contributed by atoms with Gasteiger partial charge in [0.25, 0.3) is 0 Å². The summed E-state index contributed by atoms with van der Waals surface area (Å²) < 4.78 is 0. The van der Waals surface area contributed by atoms with Crippen LogP contribution in [0.3, 0.4) is 0 Å². The molecule has 0 unspecified atom stereocenters. The molecular formula is C7H9N5O. The molecule has 0 aliphatic heterocycles. The minimum atomic E-state index is -0.695. The fraction of sp³-hybridized carbons (Fsp3) is 0.429. The predicted molar refractivity (Wildman–Crippen MR) is 44.6 cm³/mol. The zero-order valence-corrected chi connectivity index (χ0v) is 6.90. The van der Waals surface area contributed by atoms with Gasteiger partial charge in [0.2, 0.25) is 11.9 Å². The van der Waals surface area contributed by atoms with Gasteiger partial charge in [0.1, 0.15) is 0 Å². The third-order valence-electron chi connectivity index (χ3n) is 1.95. The topological polar surface area (TPSA) is 93.8 Å². The lowest BCUT2D eigenvalue weighted by Gasteiger charge is -2.06. The number of rotatable bonds is 2. The Bertz CT molecular complexity index is 321. The second-order valence-corrected chi connectivity index (χ2v) is 3.08. The van der Waals surface area contributed by atoms with E-state index < -0.39 is 5.54 Å². The van der Waals surface area contributed by atoms with Gasteiger partial charge in [0.05, 0.1) is 17.9 Å². The summed E-state index contributed by atoms with van der Waals surface area (Å²) in [6, 6.07) is 0. The van der Waals surface area contributed by atoms with Gasteiger partial charge in [-0.25, -0.2) is 4.98 Å². The fourth-order valence-electron chi connectivity index (χ4n) is 0.893. The highest BCUT2D eigenvalue weighted by Gasteiger charge is 2.46. The molecule has 0 saturated heterocycles. The van der Waals surface area contributed by atoms with E-state index in [-0.39, 0.29) is 11.9 Å². The number of hydrogen-bond donors (Lipinski definition) is 2. The van der Waals surface area contributed by atoms with Crippen LogP contribution in [-0.4, -0.2) is 26.6 Å². The molecule has 1 fully saturated rings. The van der Waals surface area contributed by atoms with Crippen molar-refractivity contribution in [2.75, 3.05) is 5.32 Å². The lowest BCUT2D eigenvalue weighted by atomic mass is 10.3. The van der Waals surface area contributed by atoms with Crippen LogP contribution in [0.4, 0.5) is 5.95 Å². The fourth-order valence-corrected chi connectivity index (χ4v) is 0.893. The van der Waals surface area contributed by atoms with Crippen LogP contribution in [0.5, 0.6) is 0 Å². The van der Waals surface area contributed by atoms with E-state index in [0.29, 0.717) is 0 Å². The SMILES string of the molecule is NC1(C(=O)Nc2nccnn2)CC1. The van der Waals surface area contributed by atoms with E-state index in [0.717, 1.165) is 12.8 Å². The standard InChI is InChI=1S/C7H9N5O/c8-7(1-2-7)5(13)11-6-9-3-4-10-12-6/h3-4H,1-2,8H2,(H,9,11,12,13). The molecule has 2 rings (SSSR count). The molecule has 0 bridgehead atoms. The van der Waals surface area contributed by atoms with E-state index in [2.05, 4.69) is 20.5 Å². The number of nitrogens with one attached hydrogen (secondary N) is 1. The summed E-state index contributed by atoms with van der Waals surface area (Å²) in [5.41, 5.74) is 4.95. The van der Waals surface area contributed by atoms with Crippen molar-refractivity contribution < 1.29 is 4.79 Å². The van der Waals surface area contributed by atoms with E-state index in [9.17, 15) is 4.79 Å². The zero-order chi connectivity index (χ0) is 9.31. The molecule has 6 heteroatoms. The molecule has 1 aliphatic rings. The van der Waals surface area contributed by atoms with E-state index in [1.54, 1.807) is 0 Å². The maximum atomic E-state index is 11.4. The number of carbonyl (C=O) groups excluding carboxylic acids is 1. The molecule has 1 aromatic heterocycles. The van der Waals surface area contributed by atoms with Crippen LogP contribution in [0.25, 0.3) is 0 Å². The summed E-state index contributed by atoms with van der Waals surface area (Å²) in [5.74, 6) is -0.0373. The maximum absolute atomic E-state index is 11.4.